The van der Waals surface area contributed by atoms with Crippen molar-refractivity contribution in [1.29, 1.82) is 0 Å². The molecule has 0 spiro atoms. The number of guanidine groups is 1. The van der Waals surface area contributed by atoms with E-state index in [1.165, 1.54) is 0 Å². The van der Waals surface area contributed by atoms with Crippen LogP contribution in [0.2, 0.25) is 0 Å². The Balaban J connectivity index is 0.00000480. The van der Waals surface area contributed by atoms with Crippen molar-refractivity contribution in [2.75, 3.05) is 13.2 Å². The molecule has 31 heavy (non-hydrogen) atoms. The number of rotatable bonds is 8. The SMILES string of the molecule is CCNC(=NCc1ccc(COCC(F)(F)F)cc1)NCc1noc(C(C)(C)C)n1.I. The molecule has 2 aromatic rings. The Kier molecular flexibility index (Phi) is 10.7. The molecule has 0 saturated carbocycles. The van der Waals surface area contributed by atoms with E-state index in [4.69, 9.17) is 4.52 Å². The summed E-state index contributed by atoms with van der Waals surface area (Å²) in [6.45, 7) is 8.05. The summed E-state index contributed by atoms with van der Waals surface area (Å²) in [5, 5.41) is 10.3. The molecule has 2 rings (SSSR count). The first kappa shape index (κ1) is 27.1. The average Bonchev–Trinajstić information content (AvgIpc) is 3.13. The third kappa shape index (κ3) is 10.3. The topological polar surface area (TPSA) is 84.6 Å². The summed E-state index contributed by atoms with van der Waals surface area (Å²) in [5.41, 5.74) is 1.37. The van der Waals surface area contributed by atoms with Crippen LogP contribution in [-0.2, 0) is 29.8 Å². The number of benzene rings is 1. The van der Waals surface area contributed by atoms with Crippen molar-refractivity contribution in [2.24, 2.45) is 4.99 Å². The van der Waals surface area contributed by atoms with Gasteiger partial charge >= 0.3 is 6.18 Å². The van der Waals surface area contributed by atoms with E-state index in [2.05, 4.69) is 30.5 Å². The van der Waals surface area contributed by atoms with Crippen molar-refractivity contribution in [3.05, 3.63) is 47.1 Å². The number of halogens is 4. The lowest BCUT2D eigenvalue weighted by molar-refractivity contribution is -0.176. The summed E-state index contributed by atoms with van der Waals surface area (Å²) in [6, 6.07) is 7.09. The fourth-order valence-electron chi connectivity index (χ4n) is 2.33. The smallest absolute Gasteiger partial charge is 0.367 e. The maximum Gasteiger partial charge on any atom is 0.411 e. The Labute approximate surface area is 197 Å². The Hall–Kier alpha value is -1.89. The fourth-order valence-corrected chi connectivity index (χ4v) is 2.33. The van der Waals surface area contributed by atoms with Gasteiger partial charge in [-0.1, -0.05) is 50.2 Å². The van der Waals surface area contributed by atoms with Crippen molar-refractivity contribution in [2.45, 2.75) is 59.0 Å². The van der Waals surface area contributed by atoms with Crippen molar-refractivity contribution >= 4 is 29.9 Å². The Morgan fingerprint density at radius 1 is 1.10 bits per heavy atom. The van der Waals surface area contributed by atoms with Crippen LogP contribution in [0, 0.1) is 0 Å². The molecule has 0 saturated heterocycles. The molecular formula is C20H29F3IN5O2. The quantitative estimate of drug-likeness (QED) is 0.287. The van der Waals surface area contributed by atoms with E-state index >= 15 is 0 Å². The van der Waals surface area contributed by atoms with Gasteiger partial charge in [-0.15, -0.1) is 24.0 Å². The molecule has 0 aliphatic rings. The van der Waals surface area contributed by atoms with E-state index in [1.807, 2.05) is 39.8 Å². The van der Waals surface area contributed by atoms with Crippen LogP contribution in [0.4, 0.5) is 13.2 Å². The highest BCUT2D eigenvalue weighted by Crippen LogP contribution is 2.19. The lowest BCUT2D eigenvalue weighted by Crippen LogP contribution is -2.37. The molecule has 2 N–H and O–H groups in total. The van der Waals surface area contributed by atoms with Crippen LogP contribution in [-0.4, -0.2) is 35.4 Å². The number of hydrogen-bond donors (Lipinski definition) is 2. The first-order valence-corrected chi connectivity index (χ1v) is 9.64. The highest BCUT2D eigenvalue weighted by Gasteiger charge is 2.27. The molecule has 0 atom stereocenters. The zero-order valence-electron chi connectivity index (χ0n) is 18.0. The van der Waals surface area contributed by atoms with Gasteiger partial charge in [0, 0.05) is 12.0 Å². The molecule has 1 aromatic heterocycles. The molecule has 0 bridgehead atoms. The first-order valence-electron chi connectivity index (χ1n) is 9.64. The summed E-state index contributed by atoms with van der Waals surface area (Å²) in [4.78, 5) is 8.88. The minimum Gasteiger partial charge on any atom is -0.367 e. The van der Waals surface area contributed by atoms with Gasteiger partial charge in [0.05, 0.1) is 19.7 Å². The van der Waals surface area contributed by atoms with Crippen LogP contribution < -0.4 is 10.6 Å². The van der Waals surface area contributed by atoms with Gasteiger partial charge in [0.25, 0.3) is 0 Å². The Bertz CT molecular complexity index is 817. The molecule has 0 radical (unpaired) electrons. The molecule has 7 nitrogen and oxygen atoms in total. The van der Waals surface area contributed by atoms with Crippen molar-refractivity contribution in [3.8, 4) is 0 Å². The number of aliphatic imine (C=N–C) groups is 1. The maximum atomic E-state index is 12.1. The average molecular weight is 555 g/mol. The van der Waals surface area contributed by atoms with Gasteiger partial charge in [0.2, 0.25) is 5.89 Å². The van der Waals surface area contributed by atoms with E-state index in [1.54, 1.807) is 12.1 Å². The lowest BCUT2D eigenvalue weighted by atomic mass is 9.97. The van der Waals surface area contributed by atoms with Crippen LogP contribution in [0.25, 0.3) is 0 Å². The van der Waals surface area contributed by atoms with Crippen molar-refractivity contribution in [1.82, 2.24) is 20.8 Å². The third-order valence-electron chi connectivity index (χ3n) is 3.85. The standard InChI is InChI=1S/C20H28F3N5O2.HI/c1-5-24-18(26-11-16-27-17(30-28-16)19(2,3)4)25-10-14-6-8-15(9-7-14)12-29-13-20(21,22)23;/h6-9H,5,10-13H2,1-4H3,(H2,24,25,26);1H. The van der Waals surface area contributed by atoms with Gasteiger partial charge in [-0.2, -0.15) is 18.2 Å². The minimum atomic E-state index is -4.32. The number of nitrogens with one attached hydrogen (secondary N) is 2. The normalized spacial score (nSPS) is 12.4. The van der Waals surface area contributed by atoms with Crippen molar-refractivity contribution in [3.63, 3.8) is 0 Å². The summed E-state index contributed by atoms with van der Waals surface area (Å²) >= 11 is 0. The lowest BCUT2D eigenvalue weighted by Gasteiger charge is -2.11. The van der Waals surface area contributed by atoms with Crippen LogP contribution in [0.1, 0.15) is 50.5 Å². The second kappa shape index (κ2) is 12.2. The maximum absolute atomic E-state index is 12.1. The molecule has 174 valence electrons. The number of nitrogens with zero attached hydrogens (tertiary/aromatic N) is 3. The number of hydrogen-bond acceptors (Lipinski definition) is 5. The molecule has 11 heteroatoms. The highest BCUT2D eigenvalue weighted by molar-refractivity contribution is 14.0. The number of ether oxygens (including phenoxy) is 1. The van der Waals surface area contributed by atoms with Gasteiger partial charge in [-0.3, -0.25) is 0 Å². The van der Waals surface area contributed by atoms with Gasteiger partial charge in [-0.05, 0) is 18.1 Å². The van der Waals surface area contributed by atoms with Gasteiger partial charge in [-0.25, -0.2) is 4.99 Å². The molecule has 0 fully saturated rings. The van der Waals surface area contributed by atoms with Crippen molar-refractivity contribution < 1.29 is 22.4 Å². The number of alkyl halides is 3. The summed E-state index contributed by atoms with van der Waals surface area (Å²) in [5.74, 6) is 1.70. The molecule has 1 heterocycles. The van der Waals surface area contributed by atoms with E-state index in [0.717, 1.165) is 5.56 Å². The van der Waals surface area contributed by atoms with E-state index in [9.17, 15) is 13.2 Å². The molecule has 1 aromatic carbocycles. The Morgan fingerprint density at radius 2 is 1.74 bits per heavy atom. The fraction of sp³-hybridized carbons (Fsp3) is 0.550. The second-order valence-corrected chi connectivity index (χ2v) is 7.74. The zero-order chi connectivity index (χ0) is 22.2. The zero-order valence-corrected chi connectivity index (χ0v) is 20.4. The minimum absolute atomic E-state index is 0. The summed E-state index contributed by atoms with van der Waals surface area (Å²) < 4.78 is 46.3. The predicted molar refractivity (Wildman–Crippen MR) is 122 cm³/mol. The van der Waals surface area contributed by atoms with Crippen LogP contribution in [0.5, 0.6) is 0 Å². The summed E-state index contributed by atoms with van der Waals surface area (Å²) in [6.07, 6.45) is -4.32. The summed E-state index contributed by atoms with van der Waals surface area (Å²) in [7, 11) is 0. The van der Waals surface area contributed by atoms with Crippen LogP contribution >= 0.6 is 24.0 Å². The first-order chi connectivity index (χ1) is 14.1. The van der Waals surface area contributed by atoms with E-state index in [0.29, 0.717) is 42.9 Å². The van der Waals surface area contributed by atoms with Gasteiger partial charge in [0.1, 0.15) is 6.61 Å². The molecule has 0 unspecified atom stereocenters. The number of aromatic nitrogens is 2. The highest BCUT2D eigenvalue weighted by atomic mass is 127. The molecular weight excluding hydrogens is 526 g/mol. The second-order valence-electron chi connectivity index (χ2n) is 7.74. The predicted octanol–water partition coefficient (Wildman–Crippen LogP) is 4.32. The third-order valence-corrected chi connectivity index (χ3v) is 3.85. The Morgan fingerprint density at radius 3 is 2.29 bits per heavy atom. The van der Waals surface area contributed by atoms with E-state index in [-0.39, 0.29) is 36.0 Å². The van der Waals surface area contributed by atoms with Gasteiger partial charge < -0.3 is 19.9 Å². The molecule has 0 aliphatic carbocycles. The van der Waals surface area contributed by atoms with E-state index < -0.39 is 12.8 Å². The molecule has 0 aliphatic heterocycles. The largest absolute Gasteiger partial charge is 0.411 e. The van der Waals surface area contributed by atoms with Crippen LogP contribution in [0.15, 0.2) is 33.8 Å². The monoisotopic (exact) mass is 555 g/mol. The van der Waals surface area contributed by atoms with Gasteiger partial charge in [0.15, 0.2) is 11.8 Å². The molecule has 0 amide bonds. The van der Waals surface area contributed by atoms with Crippen LogP contribution in [0.3, 0.4) is 0 Å².